The van der Waals surface area contributed by atoms with Gasteiger partial charge in [0.15, 0.2) is 5.82 Å². The summed E-state index contributed by atoms with van der Waals surface area (Å²) in [6, 6.07) is 18.6. The molecule has 0 spiro atoms. The number of anilines is 2. The lowest BCUT2D eigenvalue weighted by atomic mass is 10.1. The summed E-state index contributed by atoms with van der Waals surface area (Å²) in [5.41, 5.74) is 5.92. The van der Waals surface area contributed by atoms with Crippen molar-refractivity contribution in [2.75, 3.05) is 5.32 Å². The highest BCUT2D eigenvalue weighted by Gasteiger charge is 2.12. The summed E-state index contributed by atoms with van der Waals surface area (Å²) in [5.74, 6) is 8.07. The van der Waals surface area contributed by atoms with Crippen LogP contribution < -0.4 is 5.32 Å². The lowest BCUT2D eigenvalue weighted by Crippen LogP contribution is -1.98. The predicted molar refractivity (Wildman–Crippen MR) is 135 cm³/mol. The fourth-order valence-electron chi connectivity index (χ4n) is 3.86. The fourth-order valence-corrected chi connectivity index (χ4v) is 4.77. The predicted octanol–water partition coefficient (Wildman–Crippen LogP) is 5.04. The van der Waals surface area contributed by atoms with Crippen LogP contribution in [-0.2, 0) is 13.5 Å². The van der Waals surface area contributed by atoms with Crippen LogP contribution in [0, 0.1) is 11.8 Å². The molecule has 4 heterocycles. The molecular weight excluding hydrogens is 442 g/mol. The average Bonchev–Trinajstić information content (AvgIpc) is 3.59. The number of hydrogen-bond donors (Lipinski definition) is 2. The SMILES string of the molecule is Cn1c(Cc2ccccc2)nc2cc(Nc3ncnc4cc(C#Cc5cn[nH]c5)sc34)ccc21. The molecule has 0 saturated heterocycles. The monoisotopic (exact) mass is 461 g/mol. The molecule has 0 bridgehead atoms. The van der Waals surface area contributed by atoms with Crippen molar-refractivity contribution in [3.05, 3.63) is 95.1 Å². The number of aryl methyl sites for hydroxylation is 1. The summed E-state index contributed by atoms with van der Waals surface area (Å²) in [5, 5.41) is 10.1. The van der Waals surface area contributed by atoms with E-state index in [0.717, 1.165) is 55.4 Å². The second-order valence-corrected chi connectivity index (χ2v) is 8.91. The van der Waals surface area contributed by atoms with Gasteiger partial charge < -0.3 is 9.88 Å². The van der Waals surface area contributed by atoms with Crippen LogP contribution in [0.1, 0.15) is 21.8 Å². The van der Waals surface area contributed by atoms with Crippen molar-refractivity contribution < 1.29 is 0 Å². The summed E-state index contributed by atoms with van der Waals surface area (Å²) >= 11 is 1.56. The molecule has 2 aromatic carbocycles. The number of H-pyrrole nitrogens is 1. The molecule has 0 radical (unpaired) electrons. The molecule has 0 aliphatic rings. The number of fused-ring (bicyclic) bond motifs is 2. The first-order valence-corrected chi connectivity index (χ1v) is 11.6. The van der Waals surface area contributed by atoms with Crippen LogP contribution in [0.2, 0.25) is 0 Å². The summed E-state index contributed by atoms with van der Waals surface area (Å²) in [7, 11) is 2.06. The molecule has 0 aliphatic heterocycles. The van der Waals surface area contributed by atoms with Gasteiger partial charge in [-0.25, -0.2) is 15.0 Å². The average molecular weight is 462 g/mol. The zero-order valence-corrected chi connectivity index (χ0v) is 19.1. The quantitative estimate of drug-likeness (QED) is 0.360. The largest absolute Gasteiger partial charge is 0.339 e. The number of imidazole rings is 1. The van der Waals surface area contributed by atoms with Gasteiger partial charge in [-0.1, -0.05) is 42.2 Å². The van der Waals surface area contributed by atoms with E-state index in [0.29, 0.717) is 0 Å². The van der Waals surface area contributed by atoms with Gasteiger partial charge in [0.2, 0.25) is 0 Å². The zero-order valence-electron chi connectivity index (χ0n) is 18.3. The standard InChI is InChI=1S/C26H19N7S/c1-33-23-10-8-19(12-21(23)32-24(33)11-17-5-3-2-4-6-17)31-26-25-22(27-16-28-26)13-20(34-25)9-7-18-14-29-30-15-18/h2-6,8,10,12-16H,11H2,1H3,(H,29,30)(H,27,28,31). The second-order valence-electron chi connectivity index (χ2n) is 7.86. The Labute approximate surface area is 199 Å². The van der Waals surface area contributed by atoms with E-state index in [1.54, 1.807) is 30.1 Å². The molecule has 8 heteroatoms. The normalized spacial score (nSPS) is 11.0. The van der Waals surface area contributed by atoms with Gasteiger partial charge in [0.25, 0.3) is 0 Å². The summed E-state index contributed by atoms with van der Waals surface area (Å²) in [6.07, 6.45) is 5.83. The van der Waals surface area contributed by atoms with Gasteiger partial charge in [-0.05, 0) is 29.8 Å². The minimum atomic E-state index is 0.756. The molecule has 0 aliphatic carbocycles. The second kappa shape index (κ2) is 8.46. The van der Waals surface area contributed by atoms with Gasteiger partial charge in [-0.2, -0.15) is 5.10 Å². The van der Waals surface area contributed by atoms with Crippen molar-refractivity contribution in [3.63, 3.8) is 0 Å². The van der Waals surface area contributed by atoms with E-state index in [1.807, 2.05) is 12.1 Å². The maximum Gasteiger partial charge on any atom is 0.151 e. The van der Waals surface area contributed by atoms with Crippen LogP contribution in [0.5, 0.6) is 0 Å². The van der Waals surface area contributed by atoms with E-state index in [9.17, 15) is 0 Å². The topological polar surface area (TPSA) is 84.3 Å². The number of benzene rings is 2. The van der Waals surface area contributed by atoms with Crippen LogP contribution >= 0.6 is 11.3 Å². The van der Waals surface area contributed by atoms with Crippen molar-refractivity contribution in [1.29, 1.82) is 0 Å². The summed E-state index contributed by atoms with van der Waals surface area (Å²) in [4.78, 5) is 14.7. The van der Waals surface area contributed by atoms with Gasteiger partial charge >= 0.3 is 0 Å². The maximum absolute atomic E-state index is 4.89. The molecule has 4 aromatic heterocycles. The van der Waals surface area contributed by atoms with E-state index in [-0.39, 0.29) is 0 Å². The molecule has 0 fully saturated rings. The summed E-state index contributed by atoms with van der Waals surface area (Å²) in [6.45, 7) is 0. The highest BCUT2D eigenvalue weighted by Crippen LogP contribution is 2.31. The fraction of sp³-hybridized carbons (Fsp3) is 0.0769. The number of thiophene rings is 1. The van der Waals surface area contributed by atoms with Gasteiger partial charge in [0, 0.05) is 25.4 Å². The van der Waals surface area contributed by atoms with Gasteiger partial charge in [0.05, 0.1) is 37.9 Å². The Kier molecular flexibility index (Phi) is 5.02. The minimum absolute atomic E-state index is 0.756. The first-order chi connectivity index (χ1) is 16.7. The van der Waals surface area contributed by atoms with Crippen molar-refractivity contribution in [3.8, 4) is 11.8 Å². The van der Waals surface area contributed by atoms with Crippen molar-refractivity contribution in [1.82, 2.24) is 29.7 Å². The molecule has 0 saturated carbocycles. The van der Waals surface area contributed by atoms with Gasteiger partial charge in [-0.3, -0.25) is 5.10 Å². The molecule has 6 aromatic rings. The third kappa shape index (κ3) is 3.89. The Bertz CT molecular complexity index is 1670. The molecule has 0 atom stereocenters. The Morgan fingerprint density at radius 2 is 1.94 bits per heavy atom. The van der Waals surface area contributed by atoms with E-state index in [4.69, 9.17) is 4.98 Å². The van der Waals surface area contributed by atoms with Gasteiger partial charge in [0.1, 0.15) is 12.2 Å². The van der Waals surface area contributed by atoms with Crippen molar-refractivity contribution in [2.24, 2.45) is 7.05 Å². The third-order valence-electron chi connectivity index (χ3n) is 5.58. The molecular formula is C26H19N7S. The lowest BCUT2D eigenvalue weighted by Gasteiger charge is -2.06. The van der Waals surface area contributed by atoms with E-state index < -0.39 is 0 Å². The summed E-state index contributed by atoms with van der Waals surface area (Å²) < 4.78 is 3.11. The van der Waals surface area contributed by atoms with Crippen LogP contribution in [-0.4, -0.2) is 29.7 Å². The molecule has 7 nitrogen and oxygen atoms in total. The number of rotatable bonds is 4. The number of nitrogens with zero attached hydrogens (tertiary/aromatic N) is 5. The Hall–Kier alpha value is -4.48. The number of aromatic amines is 1. The number of hydrogen-bond acceptors (Lipinski definition) is 6. The lowest BCUT2D eigenvalue weighted by molar-refractivity contribution is 0.845. The zero-order chi connectivity index (χ0) is 22.9. The first kappa shape index (κ1) is 20.1. The molecule has 6 rings (SSSR count). The van der Waals surface area contributed by atoms with Crippen LogP contribution in [0.3, 0.4) is 0 Å². The maximum atomic E-state index is 4.89. The number of nitrogens with one attached hydrogen (secondary N) is 2. The highest BCUT2D eigenvalue weighted by molar-refractivity contribution is 7.20. The Balaban J connectivity index is 1.30. The van der Waals surface area contributed by atoms with E-state index >= 15 is 0 Å². The number of aromatic nitrogens is 6. The molecule has 164 valence electrons. The molecule has 0 unspecified atom stereocenters. The van der Waals surface area contributed by atoms with Gasteiger partial charge in [-0.15, -0.1) is 11.3 Å². The van der Waals surface area contributed by atoms with E-state index in [1.165, 1.54) is 5.56 Å². The third-order valence-corrected chi connectivity index (χ3v) is 6.63. The van der Waals surface area contributed by atoms with Crippen molar-refractivity contribution >= 4 is 44.1 Å². The van der Waals surface area contributed by atoms with Crippen LogP contribution in [0.25, 0.3) is 21.3 Å². The van der Waals surface area contributed by atoms with Crippen LogP contribution in [0.15, 0.2) is 73.3 Å². The van der Waals surface area contributed by atoms with E-state index in [2.05, 4.69) is 91.4 Å². The molecule has 2 N–H and O–H groups in total. The Morgan fingerprint density at radius 1 is 1.03 bits per heavy atom. The molecule has 0 amide bonds. The first-order valence-electron chi connectivity index (χ1n) is 10.7. The highest BCUT2D eigenvalue weighted by atomic mass is 32.1. The minimum Gasteiger partial charge on any atom is -0.339 e. The van der Waals surface area contributed by atoms with Crippen LogP contribution in [0.4, 0.5) is 11.5 Å². The smallest absolute Gasteiger partial charge is 0.151 e. The Morgan fingerprint density at radius 3 is 2.79 bits per heavy atom. The molecule has 34 heavy (non-hydrogen) atoms. The van der Waals surface area contributed by atoms with Crippen molar-refractivity contribution in [2.45, 2.75) is 6.42 Å².